The molecule has 0 saturated carbocycles. The number of rotatable bonds is 2. The maximum atomic E-state index is 5.43. The minimum absolute atomic E-state index is 0.672. The van der Waals surface area contributed by atoms with Gasteiger partial charge >= 0.3 is 105 Å². The average molecular weight is 494 g/mol. The van der Waals surface area contributed by atoms with Gasteiger partial charge in [-0.3, -0.25) is 0 Å². The standard InChI is InChI=1S/2C7H9.C2H6Cl2Si.Hf/c2*1-6-3-4-7(2)5-6;1-5(2,3)4;/h2*5H,3H2,1-2H3;1-2H3;. The molecule has 0 spiro atoms. The van der Waals surface area contributed by atoms with Gasteiger partial charge in [0.1, 0.15) is 0 Å². The van der Waals surface area contributed by atoms with Crippen LogP contribution in [0.5, 0.6) is 0 Å². The third-order valence-electron chi connectivity index (χ3n) is 3.09. The molecule has 0 heterocycles. The molecule has 0 aromatic rings. The second-order valence-electron chi connectivity index (χ2n) is 6.11. The second-order valence-corrected chi connectivity index (χ2v) is 20.2. The van der Waals surface area contributed by atoms with Crippen molar-refractivity contribution in [2.45, 2.75) is 53.6 Å². The van der Waals surface area contributed by atoms with Gasteiger partial charge in [0.05, 0.1) is 0 Å². The summed E-state index contributed by atoms with van der Waals surface area (Å²) >= 11 is 10.2. The third kappa shape index (κ3) is 7.06. The monoisotopic (exact) mass is 494 g/mol. The molecule has 0 radical (unpaired) electrons. The van der Waals surface area contributed by atoms with E-state index in [1.165, 1.54) is 12.8 Å². The van der Waals surface area contributed by atoms with Crippen LogP contribution in [0, 0.1) is 0 Å². The maximum absolute atomic E-state index is 5.43. The van der Waals surface area contributed by atoms with Crippen molar-refractivity contribution >= 4 is 28.9 Å². The number of halogens is 2. The van der Waals surface area contributed by atoms with E-state index in [1.54, 1.807) is 22.3 Å². The van der Waals surface area contributed by atoms with Crippen LogP contribution < -0.4 is 0 Å². The quantitative estimate of drug-likeness (QED) is 0.305. The first-order valence-corrected chi connectivity index (χ1v) is 15.6. The van der Waals surface area contributed by atoms with E-state index in [-0.39, 0.29) is 0 Å². The van der Waals surface area contributed by atoms with Crippen LogP contribution >= 0.6 is 22.2 Å². The number of allylic oxidation sites excluding steroid dienone is 8. The Morgan fingerprint density at radius 2 is 1.15 bits per heavy atom. The summed E-state index contributed by atoms with van der Waals surface area (Å²) in [5, 5.41) is 0. The van der Waals surface area contributed by atoms with Gasteiger partial charge in [-0.15, -0.1) is 22.2 Å². The van der Waals surface area contributed by atoms with Crippen LogP contribution in [0.25, 0.3) is 0 Å². The molecule has 0 N–H and O–H groups in total. The molecule has 20 heavy (non-hydrogen) atoms. The third-order valence-corrected chi connectivity index (χ3v) is 9.36. The Kier molecular flexibility index (Phi) is 7.24. The molecule has 0 bridgehead atoms. The van der Waals surface area contributed by atoms with E-state index in [2.05, 4.69) is 39.8 Å². The van der Waals surface area contributed by atoms with Gasteiger partial charge in [0.25, 0.3) is 0 Å². The van der Waals surface area contributed by atoms with Crippen molar-refractivity contribution in [2.24, 2.45) is 0 Å². The van der Waals surface area contributed by atoms with Crippen molar-refractivity contribution in [3.63, 3.8) is 0 Å². The van der Waals surface area contributed by atoms with Gasteiger partial charge in [0.15, 0.2) is 0 Å². The predicted molar refractivity (Wildman–Crippen MR) is 91.3 cm³/mol. The molecule has 4 heteroatoms. The van der Waals surface area contributed by atoms with Crippen LogP contribution in [0.2, 0.25) is 13.1 Å². The van der Waals surface area contributed by atoms with E-state index in [4.69, 9.17) is 22.2 Å². The van der Waals surface area contributed by atoms with E-state index in [0.29, 0.717) is 0 Å². The molecule has 2 rings (SSSR count). The molecular formula is C16H24Cl2HfSi. The molecule has 0 saturated heterocycles. The maximum Gasteiger partial charge on any atom is 0.245 e. The molecule has 0 aromatic heterocycles. The first kappa shape index (κ1) is 18.7. The Labute approximate surface area is 145 Å². The molecular weight excluding hydrogens is 470 g/mol. The van der Waals surface area contributed by atoms with E-state index < -0.39 is 29.6 Å². The first-order valence-electron chi connectivity index (χ1n) is 6.95. The molecule has 0 aliphatic heterocycles. The normalized spacial score (nSPS) is 18.8. The van der Waals surface area contributed by atoms with Crippen LogP contribution in [0.15, 0.2) is 41.1 Å². The van der Waals surface area contributed by atoms with Gasteiger partial charge in [-0.1, -0.05) is 0 Å². The van der Waals surface area contributed by atoms with E-state index >= 15 is 0 Å². The van der Waals surface area contributed by atoms with Gasteiger partial charge in [-0.05, 0) is 13.1 Å². The van der Waals surface area contributed by atoms with Crippen LogP contribution in [0.1, 0.15) is 40.5 Å². The van der Waals surface area contributed by atoms with Crippen LogP contribution in [0.3, 0.4) is 0 Å². The topological polar surface area (TPSA) is 0 Å². The van der Waals surface area contributed by atoms with E-state index in [1.807, 2.05) is 19.8 Å². The van der Waals surface area contributed by atoms with Crippen LogP contribution in [0.4, 0.5) is 0 Å². The molecule has 110 valence electrons. The molecule has 0 fully saturated rings. The summed E-state index contributed by atoms with van der Waals surface area (Å²) < 4.78 is 3.65. The summed E-state index contributed by atoms with van der Waals surface area (Å²) in [5.41, 5.74) is 6.30. The first-order chi connectivity index (χ1) is 9.06. The molecule has 0 nitrogen and oxygen atoms in total. The summed E-state index contributed by atoms with van der Waals surface area (Å²) in [5.74, 6) is 0. The Balaban J connectivity index is 0.000000347. The van der Waals surface area contributed by atoms with Gasteiger partial charge in [0.2, 0.25) is 6.69 Å². The number of hydrogen-bond donors (Lipinski definition) is 0. The van der Waals surface area contributed by atoms with Crippen molar-refractivity contribution in [2.75, 3.05) is 0 Å². The van der Waals surface area contributed by atoms with Gasteiger partial charge in [-0.25, -0.2) is 0 Å². The summed E-state index contributed by atoms with van der Waals surface area (Å²) in [6.45, 7) is 11.2. The largest absolute Gasteiger partial charge is 0.245 e. The second kappa shape index (κ2) is 7.76. The zero-order valence-corrected chi connectivity index (χ0v) is 19.4. The summed E-state index contributed by atoms with van der Waals surface area (Å²) in [4.78, 5) is 0. The summed E-state index contributed by atoms with van der Waals surface area (Å²) in [6.07, 6.45) is 7.33. The van der Waals surface area contributed by atoms with Gasteiger partial charge < -0.3 is 0 Å². The molecule has 0 aromatic carbocycles. The molecule has 0 unspecified atom stereocenters. The molecule has 0 atom stereocenters. The minimum Gasteiger partial charge on any atom is -0.146 e. The van der Waals surface area contributed by atoms with Crippen molar-refractivity contribution in [3.05, 3.63) is 41.1 Å². The van der Waals surface area contributed by atoms with Crippen molar-refractivity contribution in [1.82, 2.24) is 0 Å². The Bertz CT molecular complexity index is 459. The molecule has 2 aliphatic carbocycles. The number of hydrogen-bond acceptors (Lipinski definition) is 0. The molecule has 0 amide bonds. The minimum atomic E-state index is -1.67. The Hall–Kier alpha value is 0.627. The van der Waals surface area contributed by atoms with Gasteiger partial charge in [-0.2, -0.15) is 0 Å². The fourth-order valence-electron chi connectivity index (χ4n) is 2.32. The fraction of sp³-hybridized carbons (Fsp3) is 0.500. The smallest absolute Gasteiger partial charge is 0.146 e. The molecule has 2 aliphatic rings. The Morgan fingerprint density at radius 1 is 0.850 bits per heavy atom. The van der Waals surface area contributed by atoms with Crippen molar-refractivity contribution in [1.29, 1.82) is 0 Å². The van der Waals surface area contributed by atoms with E-state index in [9.17, 15) is 0 Å². The van der Waals surface area contributed by atoms with Crippen molar-refractivity contribution in [3.8, 4) is 0 Å². The van der Waals surface area contributed by atoms with Crippen LogP contribution in [-0.2, 0) is 22.9 Å². The Morgan fingerprint density at radius 3 is 1.35 bits per heavy atom. The van der Waals surface area contributed by atoms with Gasteiger partial charge in [0, 0.05) is 0 Å². The predicted octanol–water partition coefficient (Wildman–Crippen LogP) is 6.48. The zero-order chi connectivity index (χ0) is 15.5. The van der Waals surface area contributed by atoms with E-state index in [0.717, 1.165) is 0 Å². The zero-order valence-electron chi connectivity index (χ0n) is 13.3. The SMILES string of the molecule is CC1=CC(C)=[C]([Hf][C]2=C(C)C=C(C)C2)C1.C[Si](C)(Cl)Cl. The van der Waals surface area contributed by atoms with Crippen molar-refractivity contribution < 1.29 is 22.9 Å². The summed E-state index contributed by atoms with van der Waals surface area (Å²) in [7, 11) is 0. The summed E-state index contributed by atoms with van der Waals surface area (Å²) in [6, 6.07) is 0. The fourth-order valence-corrected chi connectivity index (χ4v) is 8.20. The van der Waals surface area contributed by atoms with Crippen LogP contribution in [-0.4, -0.2) is 6.69 Å². The average Bonchev–Trinajstić information content (AvgIpc) is 2.68.